The van der Waals surface area contributed by atoms with E-state index >= 15 is 0 Å². The van der Waals surface area contributed by atoms with Crippen LogP contribution >= 0.6 is 11.6 Å². The van der Waals surface area contributed by atoms with Crippen molar-refractivity contribution in [3.8, 4) is 0 Å². The van der Waals surface area contributed by atoms with Crippen LogP contribution in [0.1, 0.15) is 31.2 Å². The highest BCUT2D eigenvalue weighted by molar-refractivity contribution is 6.35. The van der Waals surface area contributed by atoms with E-state index < -0.39 is 0 Å². The van der Waals surface area contributed by atoms with Crippen molar-refractivity contribution in [3.63, 3.8) is 0 Å². The molecule has 2 aromatic heterocycles. The van der Waals surface area contributed by atoms with E-state index in [1.54, 1.807) is 0 Å². The molecule has 130 valence electrons. The molecule has 25 heavy (non-hydrogen) atoms. The Bertz CT molecular complexity index is 897. The molecule has 1 atom stereocenters. The highest BCUT2D eigenvalue weighted by Gasteiger charge is 2.21. The Hall–Kier alpha value is -2.38. The third kappa shape index (κ3) is 3.38. The smallest absolute Gasteiger partial charge is 0.248 e. The molecule has 0 unspecified atom stereocenters. The summed E-state index contributed by atoms with van der Waals surface area (Å²) in [7, 11) is 0. The van der Waals surface area contributed by atoms with E-state index in [0.717, 1.165) is 30.4 Å². The molecule has 4 rings (SSSR count). The molecular formula is C17H18ClN5O2. The van der Waals surface area contributed by atoms with Crippen LogP contribution in [0.3, 0.4) is 0 Å². The summed E-state index contributed by atoms with van der Waals surface area (Å²) in [5.41, 5.74) is 1.01. The van der Waals surface area contributed by atoms with Crippen molar-refractivity contribution in [2.45, 2.75) is 31.9 Å². The number of fused-ring (bicyclic) bond motifs is 1. The molecule has 0 spiro atoms. The molecule has 0 bridgehead atoms. The minimum absolute atomic E-state index is 0.0471. The summed E-state index contributed by atoms with van der Waals surface area (Å²) in [6, 6.07) is 7.71. The van der Waals surface area contributed by atoms with Gasteiger partial charge in [0.05, 0.1) is 0 Å². The number of carbonyl (C=O) groups excluding carboxylic acids is 1. The summed E-state index contributed by atoms with van der Waals surface area (Å²) in [5.74, 6) is 0.816. The van der Waals surface area contributed by atoms with E-state index in [4.69, 9.17) is 16.3 Å². The quantitative estimate of drug-likeness (QED) is 0.732. The van der Waals surface area contributed by atoms with Gasteiger partial charge in [-0.25, -0.2) is 0 Å². The fraction of sp³-hybridized carbons (Fsp3) is 0.353. The largest absolute Gasteiger partial charge is 0.370 e. The number of nitrogens with zero attached hydrogens (tertiary/aromatic N) is 3. The third-order valence-corrected chi connectivity index (χ3v) is 4.66. The lowest BCUT2D eigenvalue weighted by Crippen LogP contribution is -2.15. The second-order valence-corrected chi connectivity index (χ2v) is 6.43. The van der Waals surface area contributed by atoms with E-state index in [2.05, 4.69) is 20.5 Å². The second kappa shape index (κ2) is 6.85. The molecule has 1 fully saturated rings. The van der Waals surface area contributed by atoms with Crippen molar-refractivity contribution < 1.29 is 9.53 Å². The normalized spacial score (nSPS) is 17.2. The summed E-state index contributed by atoms with van der Waals surface area (Å²) < 4.78 is 7.55. The van der Waals surface area contributed by atoms with E-state index in [0.29, 0.717) is 23.8 Å². The maximum Gasteiger partial charge on any atom is 0.248 e. The zero-order chi connectivity index (χ0) is 17.2. The number of hydrogen-bond donors (Lipinski definition) is 2. The monoisotopic (exact) mass is 359 g/mol. The van der Waals surface area contributed by atoms with Crippen LogP contribution in [0.4, 0.5) is 5.95 Å². The number of aromatic nitrogens is 4. The van der Waals surface area contributed by atoms with Gasteiger partial charge in [0, 0.05) is 41.7 Å². The van der Waals surface area contributed by atoms with Gasteiger partial charge in [-0.05, 0) is 31.0 Å². The van der Waals surface area contributed by atoms with Gasteiger partial charge in [0.2, 0.25) is 11.9 Å². The van der Waals surface area contributed by atoms with E-state index in [-0.39, 0.29) is 18.0 Å². The number of aryl methyl sites for hydroxylation is 1. The standard InChI is InChI=1S/C17H18ClN5O2/c18-12-3-1-4-13-11(12)6-8-23(13)9-7-15(24)19-17-20-16(21-22-17)14-5-2-10-25-14/h1,3-4,6,8,14H,2,5,7,9-10H2,(H2,19,20,21,22,24)/t14-/m0/s1. The lowest BCUT2D eigenvalue weighted by atomic mass is 10.2. The first kappa shape index (κ1) is 16.1. The number of ether oxygens (including phenoxy) is 1. The van der Waals surface area contributed by atoms with Gasteiger partial charge in [-0.3, -0.25) is 15.2 Å². The molecule has 3 aromatic rings. The zero-order valence-corrected chi connectivity index (χ0v) is 14.3. The second-order valence-electron chi connectivity index (χ2n) is 6.03. The molecule has 1 aliphatic heterocycles. The zero-order valence-electron chi connectivity index (χ0n) is 13.5. The summed E-state index contributed by atoms with van der Waals surface area (Å²) in [4.78, 5) is 16.5. The molecule has 0 radical (unpaired) electrons. The van der Waals surface area contributed by atoms with Gasteiger partial charge in [0.15, 0.2) is 5.82 Å². The Balaban J connectivity index is 1.36. The van der Waals surface area contributed by atoms with Gasteiger partial charge in [0.25, 0.3) is 0 Å². The van der Waals surface area contributed by atoms with Gasteiger partial charge in [-0.1, -0.05) is 17.7 Å². The summed E-state index contributed by atoms with van der Waals surface area (Å²) in [6.07, 6.45) is 4.15. The summed E-state index contributed by atoms with van der Waals surface area (Å²) >= 11 is 6.17. The number of benzene rings is 1. The Morgan fingerprint density at radius 3 is 3.20 bits per heavy atom. The molecule has 0 saturated carbocycles. The number of halogens is 1. The van der Waals surface area contributed by atoms with Crippen LogP contribution in [0, 0.1) is 0 Å². The molecule has 8 heteroatoms. The molecule has 1 aliphatic rings. The molecule has 2 N–H and O–H groups in total. The number of amides is 1. The minimum Gasteiger partial charge on any atom is -0.370 e. The van der Waals surface area contributed by atoms with Crippen LogP contribution in [0.25, 0.3) is 10.9 Å². The first-order valence-corrected chi connectivity index (χ1v) is 8.65. The van der Waals surface area contributed by atoms with Gasteiger partial charge in [-0.15, -0.1) is 5.10 Å². The maximum absolute atomic E-state index is 12.2. The number of hydrogen-bond acceptors (Lipinski definition) is 4. The van der Waals surface area contributed by atoms with E-state index in [1.807, 2.05) is 35.0 Å². The van der Waals surface area contributed by atoms with E-state index in [9.17, 15) is 4.79 Å². The lowest BCUT2D eigenvalue weighted by molar-refractivity contribution is -0.116. The number of nitrogens with one attached hydrogen (secondary N) is 2. The maximum atomic E-state index is 12.2. The third-order valence-electron chi connectivity index (χ3n) is 4.33. The topological polar surface area (TPSA) is 84.8 Å². The molecule has 1 aromatic carbocycles. The highest BCUT2D eigenvalue weighted by atomic mass is 35.5. The first-order valence-electron chi connectivity index (χ1n) is 8.28. The van der Waals surface area contributed by atoms with Crippen LogP contribution in [-0.2, 0) is 16.1 Å². The van der Waals surface area contributed by atoms with E-state index in [1.165, 1.54) is 0 Å². The average Bonchev–Trinajstić information content (AvgIpc) is 3.34. The fourth-order valence-electron chi connectivity index (χ4n) is 3.06. The minimum atomic E-state index is -0.137. The SMILES string of the molecule is O=C(CCn1ccc2c(Cl)cccc21)Nc1n[nH]c([C@@H]2CCCO2)n1. The molecule has 0 aliphatic carbocycles. The Labute approximate surface area is 149 Å². The lowest BCUT2D eigenvalue weighted by Gasteiger charge is -2.06. The van der Waals surface area contributed by atoms with Gasteiger partial charge in [0.1, 0.15) is 6.10 Å². The number of rotatable bonds is 5. The van der Waals surface area contributed by atoms with Gasteiger partial charge >= 0.3 is 0 Å². The number of carbonyl (C=O) groups is 1. The summed E-state index contributed by atoms with van der Waals surface area (Å²) in [5, 5.41) is 11.3. The summed E-state index contributed by atoms with van der Waals surface area (Å²) in [6.45, 7) is 1.29. The number of anilines is 1. The number of aromatic amines is 1. The fourth-order valence-corrected chi connectivity index (χ4v) is 3.29. The van der Waals surface area contributed by atoms with Crippen molar-refractivity contribution in [2.75, 3.05) is 11.9 Å². The predicted molar refractivity (Wildman–Crippen MR) is 94.5 cm³/mol. The Kier molecular flexibility index (Phi) is 4.42. The van der Waals surface area contributed by atoms with Gasteiger partial charge < -0.3 is 9.30 Å². The van der Waals surface area contributed by atoms with Crippen LogP contribution in [0.2, 0.25) is 5.02 Å². The average molecular weight is 360 g/mol. The molecule has 1 saturated heterocycles. The van der Waals surface area contributed by atoms with Crippen LogP contribution in [0.15, 0.2) is 30.5 Å². The van der Waals surface area contributed by atoms with Crippen LogP contribution in [0.5, 0.6) is 0 Å². The molecule has 7 nitrogen and oxygen atoms in total. The Morgan fingerprint density at radius 2 is 2.36 bits per heavy atom. The molecule has 3 heterocycles. The van der Waals surface area contributed by atoms with Gasteiger partial charge in [-0.2, -0.15) is 4.98 Å². The number of H-pyrrole nitrogens is 1. The first-order chi connectivity index (χ1) is 12.2. The predicted octanol–water partition coefficient (Wildman–Crippen LogP) is 3.29. The molecule has 1 amide bonds. The van der Waals surface area contributed by atoms with Crippen molar-refractivity contribution in [1.29, 1.82) is 0 Å². The van der Waals surface area contributed by atoms with Crippen LogP contribution < -0.4 is 5.32 Å². The van der Waals surface area contributed by atoms with Crippen molar-refractivity contribution in [2.24, 2.45) is 0 Å². The van der Waals surface area contributed by atoms with Crippen molar-refractivity contribution in [1.82, 2.24) is 19.7 Å². The Morgan fingerprint density at radius 1 is 1.44 bits per heavy atom. The van der Waals surface area contributed by atoms with Crippen molar-refractivity contribution >= 4 is 34.4 Å². The highest BCUT2D eigenvalue weighted by Crippen LogP contribution is 2.26. The van der Waals surface area contributed by atoms with Crippen LogP contribution in [-0.4, -0.2) is 32.3 Å². The van der Waals surface area contributed by atoms with Crippen molar-refractivity contribution in [3.05, 3.63) is 41.3 Å². The molecular weight excluding hydrogens is 342 g/mol.